The predicted octanol–water partition coefficient (Wildman–Crippen LogP) is 3.44. The molecule has 0 saturated carbocycles. The number of hydrogen-bond donors (Lipinski definition) is 1. The van der Waals surface area contributed by atoms with Crippen molar-refractivity contribution >= 4 is 5.91 Å². The van der Waals surface area contributed by atoms with E-state index in [4.69, 9.17) is 0 Å². The molecule has 19 heavy (non-hydrogen) atoms. The molecular weight excluding hydrogens is 276 g/mol. The van der Waals surface area contributed by atoms with Gasteiger partial charge < -0.3 is 0 Å². The number of halogens is 6. The Morgan fingerprint density at radius 1 is 1.11 bits per heavy atom. The highest BCUT2D eigenvalue weighted by Crippen LogP contribution is 2.35. The Hall–Kier alpha value is -1.73. The third-order valence-corrected chi connectivity index (χ3v) is 2.67. The van der Waals surface area contributed by atoms with Crippen LogP contribution in [0.25, 0.3) is 0 Å². The highest BCUT2D eigenvalue weighted by atomic mass is 19.4. The van der Waals surface area contributed by atoms with Crippen molar-refractivity contribution in [1.82, 2.24) is 5.54 Å². The lowest BCUT2D eigenvalue weighted by molar-refractivity contribution is -0.153. The van der Waals surface area contributed by atoms with Crippen LogP contribution in [0.3, 0.4) is 0 Å². The molecule has 0 saturated heterocycles. The summed E-state index contributed by atoms with van der Waals surface area (Å²) in [6, 6.07) is 2.89. The summed E-state index contributed by atoms with van der Waals surface area (Å²) in [7, 11) is 0. The highest BCUT2D eigenvalue weighted by Gasteiger charge is 2.45. The number of benzene rings is 1. The van der Waals surface area contributed by atoms with Crippen molar-refractivity contribution in [2.24, 2.45) is 0 Å². The predicted molar refractivity (Wildman–Crippen MR) is 54.1 cm³/mol. The van der Waals surface area contributed by atoms with Crippen LogP contribution >= 0.6 is 0 Å². The molecule has 0 aliphatic carbocycles. The number of hydrogen-bond acceptors (Lipinski definition) is 1. The molecule has 0 aromatic heterocycles. The summed E-state index contributed by atoms with van der Waals surface area (Å²) in [6.07, 6.45) is -4.58. The molecule has 0 bridgehead atoms. The first kappa shape index (κ1) is 15.3. The monoisotopic (exact) mass is 285 g/mol. The van der Waals surface area contributed by atoms with Crippen LogP contribution in [0.4, 0.5) is 26.4 Å². The lowest BCUT2D eigenvalue weighted by Crippen LogP contribution is -2.40. The van der Waals surface area contributed by atoms with Crippen LogP contribution in [0.2, 0.25) is 0 Å². The summed E-state index contributed by atoms with van der Waals surface area (Å²) < 4.78 is 75.3. The SMILES string of the molecule is C[C@@H](c1ccc(C(F)(F)F)cc1)C(F)(F)C(=O)NF. The van der Waals surface area contributed by atoms with Crippen LogP contribution in [0.15, 0.2) is 24.3 Å². The Balaban J connectivity index is 3.02. The minimum absolute atomic E-state index is 0.207. The van der Waals surface area contributed by atoms with Gasteiger partial charge in [0.15, 0.2) is 0 Å². The topological polar surface area (TPSA) is 29.1 Å². The van der Waals surface area contributed by atoms with Crippen molar-refractivity contribution in [1.29, 1.82) is 0 Å². The molecule has 8 heteroatoms. The second kappa shape index (κ2) is 5.10. The Morgan fingerprint density at radius 2 is 1.58 bits per heavy atom. The van der Waals surface area contributed by atoms with Gasteiger partial charge in [-0.15, -0.1) is 4.48 Å². The highest BCUT2D eigenvalue weighted by molar-refractivity contribution is 5.83. The maximum absolute atomic E-state index is 13.4. The van der Waals surface area contributed by atoms with Crippen molar-refractivity contribution in [3.05, 3.63) is 35.4 Å². The van der Waals surface area contributed by atoms with Gasteiger partial charge in [0.25, 0.3) is 0 Å². The second-order valence-corrected chi connectivity index (χ2v) is 3.89. The standard InChI is InChI=1S/C11H9F6NO/c1-6(10(12,13)9(19)18-17)7-2-4-8(5-3-7)11(14,15)16/h2-6H,1H3,(H,18,19)/t6-/m0/s1. The maximum Gasteiger partial charge on any atom is 0.416 e. The quantitative estimate of drug-likeness (QED) is 0.669. The fraction of sp³-hybridized carbons (Fsp3) is 0.364. The van der Waals surface area contributed by atoms with Crippen LogP contribution in [0.5, 0.6) is 0 Å². The molecule has 1 aromatic rings. The first-order valence-corrected chi connectivity index (χ1v) is 5.06. The van der Waals surface area contributed by atoms with Gasteiger partial charge in [0, 0.05) is 0 Å². The van der Waals surface area contributed by atoms with Crippen molar-refractivity contribution in [3.8, 4) is 0 Å². The summed E-state index contributed by atoms with van der Waals surface area (Å²) in [4.78, 5) is 10.7. The van der Waals surface area contributed by atoms with Crippen LogP contribution in [0, 0.1) is 0 Å². The van der Waals surface area contributed by atoms with Crippen molar-refractivity contribution in [2.45, 2.75) is 24.9 Å². The molecule has 1 rings (SSSR count). The largest absolute Gasteiger partial charge is 0.416 e. The van der Waals surface area contributed by atoms with E-state index in [-0.39, 0.29) is 5.56 Å². The number of alkyl halides is 5. The molecule has 0 aliphatic rings. The van der Waals surface area contributed by atoms with E-state index >= 15 is 0 Å². The van der Waals surface area contributed by atoms with Crippen molar-refractivity contribution < 1.29 is 31.2 Å². The summed E-state index contributed by atoms with van der Waals surface area (Å²) in [5.41, 5.74) is -0.883. The molecule has 0 heterocycles. The second-order valence-electron chi connectivity index (χ2n) is 3.89. The summed E-state index contributed by atoms with van der Waals surface area (Å²) >= 11 is 0. The lowest BCUT2D eigenvalue weighted by atomic mass is 9.93. The Bertz CT molecular complexity index is 453. The molecule has 1 aromatic carbocycles. The molecule has 0 aliphatic heterocycles. The average molecular weight is 285 g/mol. The number of amides is 1. The van der Waals surface area contributed by atoms with Crippen molar-refractivity contribution in [3.63, 3.8) is 0 Å². The minimum Gasteiger partial charge on any atom is -0.265 e. The molecule has 2 nitrogen and oxygen atoms in total. The maximum atomic E-state index is 13.4. The molecule has 106 valence electrons. The zero-order chi connectivity index (χ0) is 14.8. The molecule has 0 radical (unpaired) electrons. The van der Waals surface area contributed by atoms with Gasteiger partial charge in [-0.25, -0.2) is 0 Å². The smallest absolute Gasteiger partial charge is 0.265 e. The lowest BCUT2D eigenvalue weighted by Gasteiger charge is -2.21. The number of nitrogens with one attached hydrogen (secondary N) is 1. The normalized spacial score (nSPS) is 14.1. The van der Waals surface area contributed by atoms with E-state index in [9.17, 15) is 31.2 Å². The molecule has 1 N–H and O–H groups in total. The van der Waals surface area contributed by atoms with Gasteiger partial charge in [0.2, 0.25) is 0 Å². The zero-order valence-corrected chi connectivity index (χ0v) is 9.56. The molecular formula is C11H9F6NO. The first-order chi connectivity index (χ1) is 8.60. The fourth-order valence-corrected chi connectivity index (χ4v) is 1.43. The van der Waals surface area contributed by atoms with E-state index in [1.165, 1.54) is 0 Å². The van der Waals surface area contributed by atoms with Gasteiger partial charge in [-0.3, -0.25) is 4.79 Å². The molecule has 0 fully saturated rings. The van der Waals surface area contributed by atoms with E-state index in [1.54, 1.807) is 0 Å². The third kappa shape index (κ3) is 3.18. The summed E-state index contributed by atoms with van der Waals surface area (Å²) in [5.74, 6) is -7.96. The van der Waals surface area contributed by atoms with E-state index in [0.29, 0.717) is 17.7 Å². The van der Waals surface area contributed by atoms with Crippen LogP contribution in [-0.2, 0) is 11.0 Å². The first-order valence-electron chi connectivity index (χ1n) is 5.06. The molecule has 1 amide bonds. The summed E-state index contributed by atoms with van der Waals surface area (Å²) in [6.45, 7) is 0.915. The molecule has 1 atom stereocenters. The van der Waals surface area contributed by atoms with Crippen LogP contribution < -0.4 is 5.54 Å². The Kier molecular flexibility index (Phi) is 4.12. The number of carbonyl (C=O) groups excluding carboxylic acids is 1. The number of rotatable bonds is 3. The number of carbonyl (C=O) groups is 1. The van der Waals surface area contributed by atoms with Gasteiger partial charge in [-0.1, -0.05) is 19.1 Å². The average Bonchev–Trinajstić information content (AvgIpc) is 2.35. The van der Waals surface area contributed by atoms with E-state index in [0.717, 1.165) is 19.1 Å². The Morgan fingerprint density at radius 3 is 1.95 bits per heavy atom. The Labute approximate surface area is 104 Å². The summed E-state index contributed by atoms with van der Waals surface area (Å²) in [5, 5.41) is 0. The van der Waals surface area contributed by atoms with Gasteiger partial charge in [-0.2, -0.15) is 27.5 Å². The van der Waals surface area contributed by atoms with Gasteiger partial charge in [0.1, 0.15) is 0 Å². The van der Waals surface area contributed by atoms with E-state index < -0.39 is 29.5 Å². The van der Waals surface area contributed by atoms with E-state index in [1.807, 2.05) is 0 Å². The van der Waals surface area contributed by atoms with Crippen LogP contribution in [0.1, 0.15) is 24.0 Å². The van der Waals surface area contributed by atoms with E-state index in [2.05, 4.69) is 0 Å². The zero-order valence-electron chi connectivity index (χ0n) is 9.56. The fourth-order valence-electron chi connectivity index (χ4n) is 1.43. The van der Waals surface area contributed by atoms with Gasteiger partial charge in [0.05, 0.1) is 11.5 Å². The molecule has 0 spiro atoms. The van der Waals surface area contributed by atoms with Crippen molar-refractivity contribution in [2.75, 3.05) is 0 Å². The molecule has 0 unspecified atom stereocenters. The third-order valence-electron chi connectivity index (χ3n) is 2.67. The van der Waals surface area contributed by atoms with Crippen LogP contribution in [-0.4, -0.2) is 11.8 Å². The van der Waals surface area contributed by atoms with Gasteiger partial charge >= 0.3 is 18.0 Å². The van der Waals surface area contributed by atoms with Gasteiger partial charge in [-0.05, 0) is 17.7 Å². The minimum atomic E-state index is -4.58.